The Bertz CT molecular complexity index is 916. The van der Waals surface area contributed by atoms with E-state index in [2.05, 4.69) is 111 Å². The van der Waals surface area contributed by atoms with Gasteiger partial charge in [-0.1, -0.05) is 61.5 Å². The van der Waals surface area contributed by atoms with Crippen LogP contribution >= 0.6 is 0 Å². The van der Waals surface area contributed by atoms with Crippen molar-refractivity contribution in [3.05, 3.63) is 60.2 Å². The molecule has 0 aromatic heterocycles. The lowest BCUT2D eigenvalue weighted by atomic mass is 9.37. The van der Waals surface area contributed by atoms with Crippen LogP contribution in [0.2, 0.25) is 0 Å². The highest BCUT2D eigenvalue weighted by Gasteiger charge is 2.68. The van der Waals surface area contributed by atoms with Crippen molar-refractivity contribution >= 4 is 14.2 Å². The molecule has 4 rings (SSSR count). The maximum atomic E-state index is 6.60. The zero-order chi connectivity index (χ0) is 23.6. The van der Waals surface area contributed by atoms with Crippen LogP contribution in [0.5, 0.6) is 0 Å². The van der Waals surface area contributed by atoms with E-state index in [1.165, 1.54) is 5.56 Å². The van der Waals surface area contributed by atoms with Crippen LogP contribution in [0.15, 0.2) is 54.6 Å². The molecule has 0 bridgehead atoms. The molecule has 0 radical (unpaired) electrons. The summed E-state index contributed by atoms with van der Waals surface area (Å²) in [5.41, 5.74) is 1.54. The van der Waals surface area contributed by atoms with Crippen molar-refractivity contribution in [2.45, 2.75) is 89.9 Å². The van der Waals surface area contributed by atoms with Gasteiger partial charge in [0.25, 0.3) is 0 Å². The van der Waals surface area contributed by atoms with Gasteiger partial charge in [0.1, 0.15) is 0 Å². The first-order valence-corrected chi connectivity index (χ1v) is 11.6. The highest BCUT2D eigenvalue weighted by atomic mass is 16.7. The van der Waals surface area contributed by atoms with Crippen molar-refractivity contribution < 1.29 is 18.6 Å². The van der Waals surface area contributed by atoms with Gasteiger partial charge in [-0.25, -0.2) is 0 Å². The van der Waals surface area contributed by atoms with Crippen molar-refractivity contribution in [2.24, 2.45) is 0 Å². The molecule has 32 heavy (non-hydrogen) atoms. The lowest BCUT2D eigenvalue weighted by Crippen LogP contribution is -2.56. The smallest absolute Gasteiger partial charge is 0.403 e. The van der Waals surface area contributed by atoms with Gasteiger partial charge in [0, 0.05) is 0 Å². The Morgan fingerprint density at radius 1 is 0.562 bits per heavy atom. The van der Waals surface area contributed by atoms with Crippen molar-refractivity contribution in [2.75, 3.05) is 0 Å². The van der Waals surface area contributed by atoms with Gasteiger partial charge < -0.3 is 18.6 Å². The normalized spacial score (nSPS) is 23.5. The Hall–Kier alpha value is -1.59. The Morgan fingerprint density at radius 3 is 1.41 bits per heavy atom. The van der Waals surface area contributed by atoms with Crippen LogP contribution in [0, 0.1) is 0 Å². The quantitative estimate of drug-likeness (QED) is 0.564. The van der Waals surface area contributed by atoms with E-state index >= 15 is 0 Å². The summed E-state index contributed by atoms with van der Waals surface area (Å²) in [4.78, 5) is 0. The van der Waals surface area contributed by atoms with Gasteiger partial charge in [0.2, 0.25) is 0 Å². The molecule has 0 unspecified atom stereocenters. The minimum atomic E-state index is -0.694. The van der Waals surface area contributed by atoms with E-state index in [9.17, 15) is 0 Å². The fraction of sp³-hybridized carbons (Fsp3) is 0.538. The summed E-state index contributed by atoms with van der Waals surface area (Å²) >= 11 is 0. The third-order valence-electron chi connectivity index (χ3n) is 8.08. The lowest BCUT2D eigenvalue weighted by Gasteiger charge is -2.34. The zero-order valence-electron chi connectivity index (χ0n) is 21.0. The van der Waals surface area contributed by atoms with Crippen LogP contribution in [0.3, 0.4) is 0 Å². The van der Waals surface area contributed by atoms with Crippen molar-refractivity contribution in [1.29, 1.82) is 0 Å². The summed E-state index contributed by atoms with van der Waals surface area (Å²) in [7, 11) is -1.07. The fourth-order valence-corrected chi connectivity index (χ4v) is 4.22. The van der Waals surface area contributed by atoms with E-state index < -0.39 is 41.9 Å². The van der Waals surface area contributed by atoms with E-state index in [0.717, 1.165) is 11.1 Å². The monoisotopic (exact) mass is 434 g/mol. The van der Waals surface area contributed by atoms with Crippen LogP contribution in [-0.2, 0) is 23.8 Å². The molecule has 170 valence electrons. The Morgan fingerprint density at radius 2 is 0.969 bits per heavy atom. The molecule has 2 aliphatic rings. The highest BCUT2D eigenvalue weighted by molar-refractivity contribution is 6.71. The van der Waals surface area contributed by atoms with Crippen LogP contribution < -0.4 is 0 Å². The molecule has 2 aromatic carbocycles. The molecule has 0 spiro atoms. The number of hydrogen-bond donors (Lipinski definition) is 0. The summed E-state index contributed by atoms with van der Waals surface area (Å²) in [5, 5.41) is -0.694. The maximum Gasteiger partial charge on any atom is 0.466 e. The minimum Gasteiger partial charge on any atom is -0.403 e. The number of rotatable bonds is 4. The highest BCUT2D eigenvalue weighted by Crippen LogP contribution is 2.49. The average molecular weight is 434 g/mol. The molecule has 2 heterocycles. The second kappa shape index (κ2) is 7.46. The lowest BCUT2D eigenvalue weighted by molar-refractivity contribution is 0.00578. The van der Waals surface area contributed by atoms with Gasteiger partial charge in [-0.3, -0.25) is 0 Å². The summed E-state index contributed by atoms with van der Waals surface area (Å²) in [6.45, 7) is 18.8. The van der Waals surface area contributed by atoms with Crippen molar-refractivity contribution in [3.8, 4) is 11.1 Å². The van der Waals surface area contributed by atoms with Gasteiger partial charge in [-0.05, 0) is 72.1 Å². The topological polar surface area (TPSA) is 36.9 Å². The van der Waals surface area contributed by atoms with Crippen LogP contribution in [0.25, 0.3) is 11.1 Å². The van der Waals surface area contributed by atoms with Gasteiger partial charge in [0.05, 0.1) is 27.6 Å². The van der Waals surface area contributed by atoms with Crippen molar-refractivity contribution in [1.82, 2.24) is 0 Å². The molecule has 2 aliphatic heterocycles. The Kier molecular flexibility index (Phi) is 5.49. The van der Waals surface area contributed by atoms with E-state index in [-0.39, 0.29) is 0 Å². The molecular formula is C26H36B2O4. The van der Waals surface area contributed by atoms with E-state index in [4.69, 9.17) is 18.6 Å². The van der Waals surface area contributed by atoms with E-state index in [1.807, 2.05) is 6.07 Å². The standard InChI is InChI=1S/C26H36B2O4/c1-22(2)23(3,4)30-27(29-22)26(9,28-31-24(5,6)25(7,8)32-28)21-17-13-16-20(18-21)19-14-11-10-12-15-19/h10-18H,1-9H3. The largest absolute Gasteiger partial charge is 0.466 e. The summed E-state index contributed by atoms with van der Waals surface area (Å²) < 4.78 is 26.4. The van der Waals surface area contributed by atoms with E-state index in [0.29, 0.717) is 0 Å². The second-order valence-electron chi connectivity index (χ2n) is 11.4. The van der Waals surface area contributed by atoms with Gasteiger partial charge in [0.15, 0.2) is 0 Å². The van der Waals surface area contributed by atoms with Crippen molar-refractivity contribution in [3.63, 3.8) is 0 Å². The Labute approximate surface area is 194 Å². The Balaban J connectivity index is 1.83. The molecule has 2 fully saturated rings. The summed E-state index contributed by atoms with van der Waals surface area (Å²) in [6, 6.07) is 19.0. The minimum absolute atomic E-state index is 0.459. The molecule has 0 aliphatic carbocycles. The maximum absolute atomic E-state index is 6.60. The summed E-state index contributed by atoms with van der Waals surface area (Å²) in [5.74, 6) is 0. The number of benzene rings is 2. The fourth-order valence-electron chi connectivity index (χ4n) is 4.22. The predicted molar refractivity (Wildman–Crippen MR) is 131 cm³/mol. The van der Waals surface area contributed by atoms with Gasteiger partial charge in [-0.2, -0.15) is 0 Å². The molecule has 0 saturated carbocycles. The molecule has 2 saturated heterocycles. The molecule has 0 atom stereocenters. The second-order valence-corrected chi connectivity index (χ2v) is 11.4. The first-order chi connectivity index (χ1) is 14.7. The molecular weight excluding hydrogens is 398 g/mol. The predicted octanol–water partition coefficient (Wildman–Crippen LogP) is 5.87. The molecule has 6 heteroatoms. The average Bonchev–Trinajstić information content (AvgIpc) is 3.08. The molecule has 0 amide bonds. The first kappa shape index (κ1) is 23.6. The zero-order valence-corrected chi connectivity index (χ0v) is 21.0. The number of hydrogen-bond acceptors (Lipinski definition) is 4. The van der Waals surface area contributed by atoms with Crippen LogP contribution in [0.1, 0.15) is 67.9 Å². The van der Waals surface area contributed by atoms with E-state index in [1.54, 1.807) is 0 Å². The molecule has 0 N–H and O–H groups in total. The molecule has 2 aromatic rings. The van der Waals surface area contributed by atoms with Crippen LogP contribution in [0.4, 0.5) is 0 Å². The third-order valence-corrected chi connectivity index (χ3v) is 8.08. The van der Waals surface area contributed by atoms with Crippen LogP contribution in [-0.4, -0.2) is 36.6 Å². The third kappa shape index (κ3) is 3.66. The van der Waals surface area contributed by atoms with Gasteiger partial charge in [-0.15, -0.1) is 0 Å². The SMILES string of the molecule is CC(B1OC(C)(C)C(C)(C)O1)(B1OC(C)(C)C(C)(C)O1)c1cccc(-c2ccccc2)c1. The van der Waals surface area contributed by atoms with Gasteiger partial charge >= 0.3 is 14.2 Å². The summed E-state index contributed by atoms with van der Waals surface area (Å²) in [6.07, 6.45) is 0. The first-order valence-electron chi connectivity index (χ1n) is 11.6. The molecule has 4 nitrogen and oxygen atoms in total.